The Labute approximate surface area is 145 Å². The molecular formula is C18H22N2O3S. The zero-order valence-electron chi connectivity index (χ0n) is 13.6. The summed E-state index contributed by atoms with van der Waals surface area (Å²) in [6.07, 6.45) is 4.73. The molecule has 2 fully saturated rings. The van der Waals surface area contributed by atoms with E-state index >= 15 is 0 Å². The van der Waals surface area contributed by atoms with E-state index in [0.717, 1.165) is 28.1 Å². The van der Waals surface area contributed by atoms with Crippen LogP contribution in [0.1, 0.15) is 30.7 Å². The first kappa shape index (κ1) is 16.0. The second-order valence-corrected chi connectivity index (χ2v) is 7.53. The maximum Gasteiger partial charge on any atom is 0.249 e. The van der Waals surface area contributed by atoms with Crippen LogP contribution in [0.4, 0.5) is 0 Å². The Morgan fingerprint density at radius 1 is 1.33 bits per heavy atom. The number of amides is 1. The molecule has 0 radical (unpaired) electrons. The van der Waals surface area contributed by atoms with Crippen LogP contribution >= 0.6 is 11.3 Å². The summed E-state index contributed by atoms with van der Waals surface area (Å²) in [4.78, 5) is 19.1. The predicted octanol–water partition coefficient (Wildman–Crippen LogP) is 2.98. The van der Waals surface area contributed by atoms with Gasteiger partial charge in [0.15, 0.2) is 0 Å². The standard InChI is InChI=1S/C18H22N2O3S/c21-18(20-9-10-23-15-7-3-2-6-14(15)20)12-22-11-17-19-13-5-1-4-8-16(13)24-17/h1,4-5,8,14-15H,2-3,6-7,9-12H2/t14-,15+/m1/s1. The summed E-state index contributed by atoms with van der Waals surface area (Å²) >= 11 is 1.62. The second kappa shape index (κ2) is 7.17. The van der Waals surface area contributed by atoms with Crippen molar-refractivity contribution in [1.29, 1.82) is 0 Å². The van der Waals surface area contributed by atoms with Gasteiger partial charge in [-0.25, -0.2) is 4.98 Å². The minimum absolute atomic E-state index is 0.0799. The van der Waals surface area contributed by atoms with Gasteiger partial charge in [0.25, 0.3) is 0 Å². The molecule has 2 atom stereocenters. The topological polar surface area (TPSA) is 51.7 Å². The lowest BCUT2D eigenvalue weighted by molar-refractivity contribution is -0.154. The maximum atomic E-state index is 12.5. The van der Waals surface area contributed by atoms with E-state index in [2.05, 4.69) is 11.1 Å². The summed E-state index contributed by atoms with van der Waals surface area (Å²) in [6.45, 7) is 1.85. The van der Waals surface area contributed by atoms with E-state index in [-0.39, 0.29) is 24.7 Å². The predicted molar refractivity (Wildman–Crippen MR) is 93.0 cm³/mol. The molecule has 0 unspecified atom stereocenters. The first-order chi connectivity index (χ1) is 11.8. The minimum Gasteiger partial charge on any atom is -0.374 e. The Bertz CT molecular complexity index is 682. The highest BCUT2D eigenvalue weighted by molar-refractivity contribution is 7.18. The fraction of sp³-hybridized carbons (Fsp3) is 0.556. The van der Waals surface area contributed by atoms with Crippen molar-refractivity contribution in [3.05, 3.63) is 29.3 Å². The van der Waals surface area contributed by atoms with Crippen molar-refractivity contribution < 1.29 is 14.3 Å². The molecule has 24 heavy (non-hydrogen) atoms. The molecule has 0 spiro atoms. The average Bonchev–Trinajstić information content (AvgIpc) is 3.04. The third kappa shape index (κ3) is 3.31. The monoisotopic (exact) mass is 346 g/mol. The summed E-state index contributed by atoms with van der Waals surface area (Å²) in [5.74, 6) is 0.0799. The van der Waals surface area contributed by atoms with Gasteiger partial charge in [0.2, 0.25) is 5.91 Å². The molecule has 0 N–H and O–H groups in total. The molecular weight excluding hydrogens is 324 g/mol. The fourth-order valence-corrected chi connectivity index (χ4v) is 4.60. The Morgan fingerprint density at radius 3 is 3.12 bits per heavy atom. The number of aromatic nitrogens is 1. The van der Waals surface area contributed by atoms with Crippen LogP contribution in [-0.4, -0.2) is 47.7 Å². The number of ether oxygens (including phenoxy) is 2. The van der Waals surface area contributed by atoms with Gasteiger partial charge in [0.05, 0.1) is 35.6 Å². The van der Waals surface area contributed by atoms with E-state index in [1.807, 2.05) is 23.1 Å². The number of hydrogen-bond acceptors (Lipinski definition) is 5. The van der Waals surface area contributed by atoms with Gasteiger partial charge in [0.1, 0.15) is 11.6 Å². The highest BCUT2D eigenvalue weighted by Gasteiger charge is 2.36. The van der Waals surface area contributed by atoms with Crippen LogP contribution in [0, 0.1) is 0 Å². The van der Waals surface area contributed by atoms with Crippen LogP contribution in [0.2, 0.25) is 0 Å². The van der Waals surface area contributed by atoms with Crippen molar-refractivity contribution in [2.45, 2.75) is 44.4 Å². The molecule has 5 nitrogen and oxygen atoms in total. The zero-order chi connectivity index (χ0) is 16.4. The molecule has 2 heterocycles. The highest BCUT2D eigenvalue weighted by atomic mass is 32.1. The van der Waals surface area contributed by atoms with Crippen molar-refractivity contribution in [3.63, 3.8) is 0 Å². The largest absolute Gasteiger partial charge is 0.374 e. The summed E-state index contributed by atoms with van der Waals surface area (Å²) < 4.78 is 12.6. The van der Waals surface area contributed by atoms with Crippen LogP contribution in [-0.2, 0) is 20.9 Å². The van der Waals surface area contributed by atoms with Gasteiger partial charge in [-0.15, -0.1) is 11.3 Å². The number of carbonyl (C=O) groups excluding carboxylic acids is 1. The molecule has 128 valence electrons. The molecule has 1 amide bonds. The van der Waals surface area contributed by atoms with E-state index < -0.39 is 0 Å². The summed E-state index contributed by atoms with van der Waals surface area (Å²) in [7, 11) is 0. The first-order valence-electron chi connectivity index (χ1n) is 8.64. The van der Waals surface area contributed by atoms with Gasteiger partial charge in [-0.2, -0.15) is 0 Å². The Balaban J connectivity index is 1.32. The number of thiazole rings is 1. The van der Waals surface area contributed by atoms with Crippen molar-refractivity contribution in [3.8, 4) is 0 Å². The summed E-state index contributed by atoms with van der Waals surface area (Å²) in [5.41, 5.74) is 0.991. The molecule has 1 aliphatic carbocycles. The van der Waals surface area contributed by atoms with Crippen LogP contribution < -0.4 is 0 Å². The van der Waals surface area contributed by atoms with E-state index in [9.17, 15) is 4.79 Å². The molecule has 2 aliphatic rings. The van der Waals surface area contributed by atoms with Gasteiger partial charge < -0.3 is 14.4 Å². The number of carbonyl (C=O) groups is 1. The lowest BCUT2D eigenvalue weighted by Gasteiger charge is -2.43. The van der Waals surface area contributed by atoms with Crippen molar-refractivity contribution >= 4 is 27.5 Å². The first-order valence-corrected chi connectivity index (χ1v) is 9.46. The van der Waals surface area contributed by atoms with E-state index in [1.165, 1.54) is 12.8 Å². The number of benzene rings is 1. The normalized spacial score (nSPS) is 24.1. The highest BCUT2D eigenvalue weighted by Crippen LogP contribution is 2.28. The number of fused-ring (bicyclic) bond motifs is 2. The number of para-hydroxylation sites is 1. The molecule has 1 saturated carbocycles. The van der Waals surface area contributed by atoms with E-state index in [0.29, 0.717) is 19.8 Å². The zero-order valence-corrected chi connectivity index (χ0v) is 14.5. The van der Waals surface area contributed by atoms with Gasteiger partial charge in [0, 0.05) is 6.54 Å². The molecule has 0 bridgehead atoms. The van der Waals surface area contributed by atoms with Crippen LogP contribution in [0.3, 0.4) is 0 Å². The smallest absolute Gasteiger partial charge is 0.249 e. The molecule has 1 aromatic heterocycles. The Kier molecular flexibility index (Phi) is 4.78. The SMILES string of the molecule is O=C(COCc1nc2ccccc2s1)N1CCO[C@H]2CCCC[C@H]21. The number of morpholine rings is 1. The average molecular weight is 346 g/mol. The third-order valence-electron chi connectivity index (χ3n) is 4.84. The van der Waals surface area contributed by atoms with Crippen molar-refractivity contribution in [2.75, 3.05) is 19.8 Å². The number of rotatable bonds is 4. The van der Waals surface area contributed by atoms with Gasteiger partial charge >= 0.3 is 0 Å². The number of nitrogens with zero attached hydrogens (tertiary/aromatic N) is 2. The molecule has 1 aliphatic heterocycles. The third-order valence-corrected chi connectivity index (χ3v) is 5.85. The molecule has 1 saturated heterocycles. The minimum atomic E-state index is 0.0799. The van der Waals surface area contributed by atoms with Crippen molar-refractivity contribution in [1.82, 2.24) is 9.88 Å². The summed E-state index contributed by atoms with van der Waals surface area (Å²) in [6, 6.07) is 8.28. The van der Waals surface area contributed by atoms with Crippen LogP contribution in [0.25, 0.3) is 10.2 Å². The number of hydrogen-bond donors (Lipinski definition) is 0. The fourth-order valence-electron chi connectivity index (χ4n) is 3.70. The van der Waals surface area contributed by atoms with Gasteiger partial charge in [-0.3, -0.25) is 4.79 Å². The Hall–Kier alpha value is -1.50. The molecule has 2 aromatic rings. The van der Waals surface area contributed by atoms with Crippen molar-refractivity contribution in [2.24, 2.45) is 0 Å². The van der Waals surface area contributed by atoms with E-state index in [4.69, 9.17) is 9.47 Å². The second-order valence-electron chi connectivity index (χ2n) is 6.42. The molecule has 4 rings (SSSR count). The van der Waals surface area contributed by atoms with E-state index in [1.54, 1.807) is 11.3 Å². The Morgan fingerprint density at radius 2 is 2.21 bits per heavy atom. The van der Waals surface area contributed by atoms with Crippen LogP contribution in [0.15, 0.2) is 24.3 Å². The van der Waals surface area contributed by atoms with Gasteiger partial charge in [-0.05, 0) is 25.0 Å². The molecule has 6 heteroatoms. The quantitative estimate of drug-likeness (QED) is 0.854. The van der Waals surface area contributed by atoms with Crippen LogP contribution in [0.5, 0.6) is 0 Å². The lowest BCUT2D eigenvalue weighted by Crippen LogP contribution is -2.55. The summed E-state index contributed by atoms with van der Waals surface area (Å²) in [5, 5.41) is 0.918. The molecule has 1 aromatic carbocycles. The lowest BCUT2D eigenvalue weighted by atomic mass is 9.90. The maximum absolute atomic E-state index is 12.5. The van der Waals surface area contributed by atoms with Gasteiger partial charge in [-0.1, -0.05) is 25.0 Å².